The van der Waals surface area contributed by atoms with Gasteiger partial charge in [-0.1, -0.05) is 27.2 Å². The van der Waals surface area contributed by atoms with Crippen molar-refractivity contribution in [3.8, 4) is 0 Å². The number of unbranched alkanes of at least 4 members (excludes halogenated alkanes) is 1. The van der Waals surface area contributed by atoms with Crippen LogP contribution in [0.5, 0.6) is 0 Å². The summed E-state index contributed by atoms with van der Waals surface area (Å²) in [5.74, 6) is -0.362. The van der Waals surface area contributed by atoms with Gasteiger partial charge in [-0.3, -0.25) is 0 Å². The molecule has 1 rings (SSSR count). The summed E-state index contributed by atoms with van der Waals surface area (Å²) in [5, 5.41) is 0. The molecule has 19 heavy (non-hydrogen) atoms. The molecule has 1 unspecified atom stereocenters. The monoisotopic (exact) mass is 266 g/mol. The zero-order valence-corrected chi connectivity index (χ0v) is 11.9. The van der Waals surface area contributed by atoms with Crippen LogP contribution in [0.15, 0.2) is 23.5 Å². The van der Waals surface area contributed by atoms with Crippen LogP contribution in [-0.4, -0.2) is 18.0 Å². The highest BCUT2D eigenvalue weighted by Crippen LogP contribution is 2.25. The van der Waals surface area contributed by atoms with Crippen molar-refractivity contribution in [2.24, 2.45) is 0 Å². The van der Waals surface area contributed by atoms with Crippen molar-refractivity contribution in [1.82, 2.24) is 0 Å². The van der Waals surface area contributed by atoms with Gasteiger partial charge in [0.1, 0.15) is 11.9 Å². The van der Waals surface area contributed by atoms with Crippen LogP contribution in [-0.2, 0) is 19.1 Å². The van der Waals surface area contributed by atoms with Crippen molar-refractivity contribution < 1.29 is 19.1 Å². The third kappa shape index (κ3) is 4.54. The highest BCUT2D eigenvalue weighted by molar-refractivity contribution is 5.92. The summed E-state index contributed by atoms with van der Waals surface area (Å²) in [6.45, 7) is 5.99. The van der Waals surface area contributed by atoms with Crippen LogP contribution in [0, 0.1) is 0 Å². The molecule has 0 aromatic heterocycles. The lowest BCUT2D eigenvalue weighted by molar-refractivity contribution is -0.141. The maximum Gasteiger partial charge on any atom is 0.336 e. The summed E-state index contributed by atoms with van der Waals surface area (Å²) in [4.78, 5) is 23.1. The smallest absolute Gasteiger partial charge is 0.336 e. The average Bonchev–Trinajstić information content (AvgIpc) is 2.46. The van der Waals surface area contributed by atoms with Gasteiger partial charge in [0.05, 0.1) is 0 Å². The molecular weight excluding hydrogens is 244 g/mol. The molecule has 1 aliphatic rings. The molecule has 0 saturated carbocycles. The number of allylic oxidation sites excluding steroid dienone is 1. The zero-order valence-electron chi connectivity index (χ0n) is 11.9. The second kappa shape index (κ2) is 7.77. The van der Waals surface area contributed by atoms with Crippen LogP contribution >= 0.6 is 0 Å². The molecule has 0 spiro atoms. The van der Waals surface area contributed by atoms with E-state index in [1.54, 1.807) is 0 Å². The van der Waals surface area contributed by atoms with Gasteiger partial charge in [-0.2, -0.15) is 0 Å². The molecule has 1 aliphatic heterocycles. The summed E-state index contributed by atoms with van der Waals surface area (Å²) in [6.07, 6.45) is 6.05. The van der Waals surface area contributed by atoms with Gasteiger partial charge < -0.3 is 9.47 Å². The maximum atomic E-state index is 11.6. The van der Waals surface area contributed by atoms with Gasteiger partial charge >= 0.3 is 11.9 Å². The van der Waals surface area contributed by atoms with Gasteiger partial charge in [-0.05, 0) is 19.3 Å². The molecule has 0 bridgehead atoms. The fourth-order valence-electron chi connectivity index (χ4n) is 2.08. The van der Waals surface area contributed by atoms with E-state index in [-0.39, 0.29) is 6.10 Å². The molecule has 0 aromatic carbocycles. The van der Waals surface area contributed by atoms with Crippen LogP contribution in [0.2, 0.25) is 0 Å². The van der Waals surface area contributed by atoms with Gasteiger partial charge in [0.2, 0.25) is 0 Å². The first-order valence-electron chi connectivity index (χ1n) is 6.94. The molecule has 0 radical (unpaired) electrons. The van der Waals surface area contributed by atoms with E-state index >= 15 is 0 Å². The normalized spacial score (nSPS) is 25.9. The molecule has 0 fully saturated rings. The molecule has 1 heterocycles. The number of carbonyl (C=O) groups is 2. The Labute approximate surface area is 114 Å². The zero-order chi connectivity index (χ0) is 14.3. The summed E-state index contributed by atoms with van der Waals surface area (Å²) in [6, 6.07) is 0. The molecule has 4 heteroatoms. The summed E-state index contributed by atoms with van der Waals surface area (Å²) in [7, 11) is 0. The van der Waals surface area contributed by atoms with Crippen molar-refractivity contribution in [1.29, 1.82) is 0 Å². The number of carbonyl (C=O) groups excluding carboxylic acids is 2. The Bertz CT molecular complexity index is 393. The van der Waals surface area contributed by atoms with Crippen molar-refractivity contribution in [3.63, 3.8) is 0 Å². The third-order valence-corrected chi connectivity index (χ3v) is 3.08. The van der Waals surface area contributed by atoms with Crippen molar-refractivity contribution >= 4 is 11.9 Å². The molecule has 106 valence electrons. The predicted octanol–water partition coefficient (Wildman–Crippen LogP) is 3.28. The highest BCUT2D eigenvalue weighted by atomic mass is 16.6. The Kier molecular flexibility index (Phi) is 6.33. The second-order valence-electron chi connectivity index (χ2n) is 4.49. The number of esters is 2. The quantitative estimate of drug-likeness (QED) is 0.717. The Morgan fingerprint density at radius 3 is 2.37 bits per heavy atom. The van der Waals surface area contributed by atoms with E-state index in [4.69, 9.17) is 9.47 Å². The first-order chi connectivity index (χ1) is 9.12. The van der Waals surface area contributed by atoms with Crippen LogP contribution < -0.4 is 0 Å². The van der Waals surface area contributed by atoms with E-state index in [0.29, 0.717) is 18.6 Å². The van der Waals surface area contributed by atoms with Crippen LogP contribution in [0.1, 0.15) is 52.9 Å². The second-order valence-corrected chi connectivity index (χ2v) is 4.49. The highest BCUT2D eigenvalue weighted by Gasteiger charge is 2.23. The van der Waals surface area contributed by atoms with E-state index < -0.39 is 11.9 Å². The number of ether oxygens (including phenoxy) is 2. The lowest BCUT2D eigenvalue weighted by Crippen LogP contribution is -2.20. The van der Waals surface area contributed by atoms with Crippen LogP contribution in [0.3, 0.4) is 0 Å². The Hall–Kier alpha value is -1.58. The summed E-state index contributed by atoms with van der Waals surface area (Å²) >= 11 is 0. The maximum absolute atomic E-state index is 11.6. The molecule has 0 aliphatic carbocycles. The molecule has 0 saturated heterocycles. The number of rotatable bonds is 5. The van der Waals surface area contributed by atoms with E-state index in [9.17, 15) is 9.59 Å². The van der Waals surface area contributed by atoms with Crippen LogP contribution in [0.25, 0.3) is 0 Å². The van der Waals surface area contributed by atoms with Gasteiger partial charge in [0, 0.05) is 24.1 Å². The predicted molar refractivity (Wildman–Crippen MR) is 72.2 cm³/mol. The minimum atomic E-state index is -0.514. The molecule has 4 nitrogen and oxygen atoms in total. The largest absolute Gasteiger partial charge is 0.455 e. The number of cyclic esters (lactones) is 2. The van der Waals surface area contributed by atoms with Gasteiger partial charge in [-0.25, -0.2) is 9.59 Å². The Morgan fingerprint density at radius 1 is 1.11 bits per heavy atom. The van der Waals surface area contributed by atoms with E-state index in [1.807, 2.05) is 13.8 Å². The lowest BCUT2D eigenvalue weighted by Gasteiger charge is -2.21. The molecular formula is C15H22O4. The van der Waals surface area contributed by atoms with Crippen molar-refractivity contribution in [3.05, 3.63) is 23.5 Å². The fraction of sp³-hybridized carbons (Fsp3) is 0.600. The topological polar surface area (TPSA) is 52.6 Å². The van der Waals surface area contributed by atoms with Gasteiger partial charge in [0.15, 0.2) is 0 Å². The van der Waals surface area contributed by atoms with Gasteiger partial charge in [0.25, 0.3) is 0 Å². The molecule has 0 N–H and O–H groups in total. The Balaban J connectivity index is 3.11. The SMILES string of the molecule is CCCC/C1=C(\CC)OC(=O)/C=C\C(=O)OC1CC. The van der Waals surface area contributed by atoms with E-state index in [1.165, 1.54) is 0 Å². The lowest BCUT2D eigenvalue weighted by atomic mass is 9.98. The first kappa shape index (κ1) is 15.5. The fourth-order valence-corrected chi connectivity index (χ4v) is 2.08. The van der Waals surface area contributed by atoms with Crippen LogP contribution in [0.4, 0.5) is 0 Å². The Morgan fingerprint density at radius 2 is 1.79 bits per heavy atom. The molecule has 1 atom stereocenters. The third-order valence-electron chi connectivity index (χ3n) is 3.08. The summed E-state index contributed by atoms with van der Waals surface area (Å²) in [5.41, 5.74) is 0.942. The molecule has 0 amide bonds. The first-order valence-corrected chi connectivity index (χ1v) is 6.94. The van der Waals surface area contributed by atoms with E-state index in [0.717, 1.165) is 37.0 Å². The van der Waals surface area contributed by atoms with Crippen molar-refractivity contribution in [2.45, 2.75) is 59.0 Å². The summed E-state index contributed by atoms with van der Waals surface area (Å²) < 4.78 is 10.7. The minimum absolute atomic E-state index is 0.301. The van der Waals surface area contributed by atoms with E-state index in [2.05, 4.69) is 6.92 Å². The average molecular weight is 266 g/mol. The standard InChI is InChI=1S/C15H22O4/c1-4-7-8-11-12(5-2)18-14(16)9-10-15(17)19-13(11)6-3/h9-10,12H,4-8H2,1-3H3/b10-9-,13-11-. The van der Waals surface area contributed by atoms with Gasteiger partial charge in [-0.15, -0.1) is 0 Å². The molecule has 0 aromatic rings. The number of hydrogen-bond acceptors (Lipinski definition) is 4. The van der Waals surface area contributed by atoms with Crippen molar-refractivity contribution in [2.75, 3.05) is 0 Å². The minimum Gasteiger partial charge on any atom is -0.455 e. The number of hydrogen-bond donors (Lipinski definition) is 0.